The zero-order valence-electron chi connectivity index (χ0n) is 13.3. The Hall–Kier alpha value is -1.71. The summed E-state index contributed by atoms with van der Waals surface area (Å²) in [6.07, 6.45) is -0.108. The van der Waals surface area contributed by atoms with Crippen LogP contribution in [-0.2, 0) is 4.79 Å². The Bertz CT molecular complexity index is 702. The van der Waals surface area contributed by atoms with Crippen molar-refractivity contribution in [1.82, 2.24) is 0 Å². The first kappa shape index (κ1) is 17.6. The van der Waals surface area contributed by atoms with E-state index in [-0.39, 0.29) is 5.91 Å². The highest BCUT2D eigenvalue weighted by molar-refractivity contribution is 6.37. The van der Waals surface area contributed by atoms with E-state index in [1.54, 1.807) is 6.07 Å². The number of carbonyl (C=O) groups is 1. The molecule has 2 aromatic rings. The Morgan fingerprint density at radius 3 is 2.43 bits per heavy atom. The topological polar surface area (TPSA) is 38.3 Å². The van der Waals surface area contributed by atoms with Gasteiger partial charge in [-0.05, 0) is 49.6 Å². The summed E-state index contributed by atoms with van der Waals surface area (Å²) in [6, 6.07) is 11.0. The van der Waals surface area contributed by atoms with E-state index in [0.717, 1.165) is 16.8 Å². The summed E-state index contributed by atoms with van der Waals surface area (Å²) in [5.74, 6) is 0.265. The molecule has 0 aliphatic carbocycles. The molecular weight excluding hydrogens is 333 g/mol. The number of ether oxygens (including phenoxy) is 1. The molecule has 2 rings (SSSR count). The number of carbonyl (C=O) groups excluding carboxylic acids is 1. The number of benzene rings is 2. The summed E-state index contributed by atoms with van der Waals surface area (Å²) in [7, 11) is 0. The van der Waals surface area contributed by atoms with Gasteiger partial charge in [0.25, 0.3) is 5.91 Å². The molecule has 23 heavy (non-hydrogen) atoms. The Balaban J connectivity index is 2.18. The van der Waals surface area contributed by atoms with Gasteiger partial charge >= 0.3 is 0 Å². The predicted octanol–water partition coefficient (Wildman–Crippen LogP) is 5.41. The minimum Gasteiger partial charge on any atom is -0.479 e. The zero-order valence-corrected chi connectivity index (χ0v) is 14.8. The first-order valence-corrected chi connectivity index (χ1v) is 8.17. The van der Waals surface area contributed by atoms with Crippen LogP contribution in [-0.4, -0.2) is 12.0 Å². The van der Waals surface area contributed by atoms with Gasteiger partial charge in [0.15, 0.2) is 6.10 Å². The molecular formula is C18H19Cl2NO2. The van der Waals surface area contributed by atoms with Gasteiger partial charge in [-0.15, -0.1) is 0 Å². The molecule has 1 amide bonds. The summed E-state index contributed by atoms with van der Waals surface area (Å²) in [6.45, 7) is 5.60. The summed E-state index contributed by atoms with van der Waals surface area (Å²) in [4.78, 5) is 12.4. The van der Waals surface area contributed by atoms with Crippen molar-refractivity contribution in [2.45, 2.75) is 33.3 Å². The van der Waals surface area contributed by atoms with Gasteiger partial charge in [0, 0.05) is 10.7 Å². The number of hydrogen-bond donors (Lipinski definition) is 1. The zero-order chi connectivity index (χ0) is 17.0. The average Bonchev–Trinajstić information content (AvgIpc) is 2.55. The number of para-hydroxylation sites is 1. The van der Waals surface area contributed by atoms with E-state index in [0.29, 0.717) is 22.2 Å². The number of halogens is 2. The van der Waals surface area contributed by atoms with Crippen LogP contribution in [0, 0.1) is 13.8 Å². The minimum absolute atomic E-state index is 0.208. The van der Waals surface area contributed by atoms with Crippen molar-refractivity contribution in [3.63, 3.8) is 0 Å². The fourth-order valence-electron chi connectivity index (χ4n) is 2.21. The number of amides is 1. The van der Waals surface area contributed by atoms with Crippen molar-refractivity contribution in [3.05, 3.63) is 57.6 Å². The lowest BCUT2D eigenvalue weighted by Crippen LogP contribution is -2.32. The number of rotatable bonds is 5. The second-order valence-electron chi connectivity index (χ2n) is 5.31. The summed E-state index contributed by atoms with van der Waals surface area (Å²) in [5.41, 5.74) is 2.35. The van der Waals surface area contributed by atoms with Crippen LogP contribution in [0.1, 0.15) is 24.5 Å². The lowest BCUT2D eigenvalue weighted by Gasteiger charge is -2.20. The second-order valence-corrected chi connectivity index (χ2v) is 6.07. The van der Waals surface area contributed by atoms with Crippen LogP contribution in [0.3, 0.4) is 0 Å². The van der Waals surface area contributed by atoms with Crippen molar-refractivity contribution in [3.8, 4) is 5.75 Å². The quantitative estimate of drug-likeness (QED) is 0.782. The molecule has 5 heteroatoms. The largest absolute Gasteiger partial charge is 0.479 e. The van der Waals surface area contributed by atoms with Gasteiger partial charge in [0.05, 0.1) is 5.02 Å². The molecule has 0 heterocycles. The highest BCUT2D eigenvalue weighted by Gasteiger charge is 2.21. The van der Waals surface area contributed by atoms with Crippen LogP contribution in [0.2, 0.25) is 10.0 Å². The van der Waals surface area contributed by atoms with Crippen molar-refractivity contribution in [1.29, 1.82) is 0 Å². The Kier molecular flexibility index (Phi) is 5.91. The van der Waals surface area contributed by atoms with E-state index in [9.17, 15) is 4.79 Å². The van der Waals surface area contributed by atoms with E-state index in [1.807, 2.05) is 51.1 Å². The van der Waals surface area contributed by atoms with Crippen LogP contribution in [0.4, 0.5) is 5.69 Å². The fourth-order valence-corrected chi connectivity index (χ4v) is 2.60. The maximum atomic E-state index is 12.4. The number of aryl methyl sites for hydroxylation is 1. The molecule has 1 N–H and O–H groups in total. The van der Waals surface area contributed by atoms with Gasteiger partial charge in [-0.1, -0.05) is 48.3 Å². The molecule has 0 aliphatic rings. The van der Waals surface area contributed by atoms with Crippen LogP contribution in [0.25, 0.3) is 0 Å². The van der Waals surface area contributed by atoms with Gasteiger partial charge in [-0.3, -0.25) is 4.79 Å². The standard InChI is InChI=1S/C18H19Cl2NO2/c1-4-14(18(22)21-13-8-6-5-7-9-13)23-15-10-11(2)16(19)12(3)17(15)20/h5-10,14H,4H2,1-3H3,(H,21,22). The number of anilines is 1. The predicted molar refractivity (Wildman–Crippen MR) is 95.7 cm³/mol. The molecule has 2 aromatic carbocycles. The molecule has 0 saturated heterocycles. The van der Waals surface area contributed by atoms with Crippen LogP contribution >= 0.6 is 23.2 Å². The normalized spacial score (nSPS) is 11.9. The second kappa shape index (κ2) is 7.71. The van der Waals surface area contributed by atoms with E-state index in [1.165, 1.54) is 0 Å². The van der Waals surface area contributed by atoms with Gasteiger partial charge in [0.2, 0.25) is 0 Å². The number of nitrogens with one attached hydrogen (secondary N) is 1. The van der Waals surface area contributed by atoms with Crippen molar-refractivity contribution >= 4 is 34.8 Å². The molecule has 0 radical (unpaired) electrons. The Labute approximate surface area is 146 Å². The van der Waals surface area contributed by atoms with Gasteiger partial charge < -0.3 is 10.1 Å². The molecule has 1 unspecified atom stereocenters. The summed E-state index contributed by atoms with van der Waals surface area (Å²) in [5, 5.41) is 3.89. The highest BCUT2D eigenvalue weighted by Crippen LogP contribution is 2.36. The summed E-state index contributed by atoms with van der Waals surface area (Å²) >= 11 is 12.5. The molecule has 0 saturated carbocycles. The third kappa shape index (κ3) is 4.18. The summed E-state index contributed by atoms with van der Waals surface area (Å²) < 4.78 is 5.84. The first-order chi connectivity index (χ1) is 10.9. The SMILES string of the molecule is CCC(Oc1cc(C)c(Cl)c(C)c1Cl)C(=O)Nc1ccccc1. The lowest BCUT2D eigenvalue weighted by molar-refractivity contribution is -0.122. The Morgan fingerprint density at radius 2 is 1.83 bits per heavy atom. The molecule has 0 aromatic heterocycles. The van der Waals surface area contributed by atoms with Crippen molar-refractivity contribution < 1.29 is 9.53 Å². The maximum Gasteiger partial charge on any atom is 0.265 e. The lowest BCUT2D eigenvalue weighted by atomic mass is 10.1. The molecule has 0 aliphatic heterocycles. The van der Waals surface area contributed by atoms with Gasteiger partial charge in [0.1, 0.15) is 5.75 Å². The monoisotopic (exact) mass is 351 g/mol. The maximum absolute atomic E-state index is 12.4. The van der Waals surface area contributed by atoms with Crippen LogP contribution in [0.15, 0.2) is 36.4 Å². The molecule has 122 valence electrons. The van der Waals surface area contributed by atoms with Crippen molar-refractivity contribution in [2.24, 2.45) is 0 Å². The molecule has 3 nitrogen and oxygen atoms in total. The number of hydrogen-bond acceptors (Lipinski definition) is 2. The van der Waals surface area contributed by atoms with Crippen LogP contribution < -0.4 is 10.1 Å². The minimum atomic E-state index is -0.632. The molecule has 0 spiro atoms. The average molecular weight is 352 g/mol. The molecule has 0 fully saturated rings. The van der Waals surface area contributed by atoms with E-state index >= 15 is 0 Å². The van der Waals surface area contributed by atoms with Crippen molar-refractivity contribution in [2.75, 3.05) is 5.32 Å². The third-order valence-electron chi connectivity index (χ3n) is 3.54. The van der Waals surface area contributed by atoms with E-state index in [4.69, 9.17) is 27.9 Å². The van der Waals surface area contributed by atoms with Crippen LogP contribution in [0.5, 0.6) is 5.75 Å². The Morgan fingerprint density at radius 1 is 1.17 bits per heavy atom. The van der Waals surface area contributed by atoms with E-state index < -0.39 is 6.10 Å². The molecule has 1 atom stereocenters. The highest BCUT2D eigenvalue weighted by atomic mass is 35.5. The third-order valence-corrected chi connectivity index (χ3v) is 4.59. The fraction of sp³-hybridized carbons (Fsp3) is 0.278. The van der Waals surface area contributed by atoms with Gasteiger partial charge in [-0.25, -0.2) is 0 Å². The van der Waals surface area contributed by atoms with E-state index in [2.05, 4.69) is 5.32 Å². The first-order valence-electron chi connectivity index (χ1n) is 7.41. The van der Waals surface area contributed by atoms with Gasteiger partial charge in [-0.2, -0.15) is 0 Å². The molecule has 0 bridgehead atoms. The smallest absolute Gasteiger partial charge is 0.265 e.